The lowest BCUT2D eigenvalue weighted by Gasteiger charge is -2.29. The summed E-state index contributed by atoms with van der Waals surface area (Å²) in [5.74, 6) is -2.62. The van der Waals surface area contributed by atoms with Gasteiger partial charge in [0.1, 0.15) is 23.3 Å². The molecule has 1 aromatic heterocycles. The van der Waals surface area contributed by atoms with Crippen LogP contribution in [0, 0.1) is 23.2 Å². The highest BCUT2D eigenvalue weighted by atomic mass is 32.2. The number of fused-ring (bicyclic) bond motifs is 5. The number of Topliss-reactive ketones (excluding diaryl/α,β-unsaturated/α-hetero) is 1. The normalized spacial score (nSPS) is 29.3. The van der Waals surface area contributed by atoms with E-state index < -0.39 is 62.3 Å². The molecule has 2 amide bonds. The second-order valence-electron chi connectivity index (χ2n) is 17.2. The molecule has 1 aromatic carbocycles. The molecule has 320 valence electrons. The molecular formula is C44H58N4O10S. The van der Waals surface area contributed by atoms with Gasteiger partial charge in [-0.25, -0.2) is 8.42 Å². The van der Waals surface area contributed by atoms with Crippen LogP contribution in [0.3, 0.4) is 0 Å². The number of unbranched alkanes of at least 4 members (excludes halogenated alkanes) is 3. The third-order valence-corrected chi connectivity index (χ3v) is 14.9. The predicted octanol–water partition coefficient (Wildman–Crippen LogP) is 5.55. The fourth-order valence-corrected chi connectivity index (χ4v) is 10.8. The molecule has 2 bridgehead atoms. The minimum Gasteiger partial charge on any atom is -0.496 e. The smallest absolute Gasteiger partial charge is 0.306 e. The number of allylic oxidation sites excluding steroid dienone is 3. The highest BCUT2D eigenvalue weighted by Gasteiger charge is 2.61. The number of hydrogen-bond acceptors (Lipinski definition) is 11. The summed E-state index contributed by atoms with van der Waals surface area (Å²) >= 11 is 0. The second-order valence-corrected chi connectivity index (χ2v) is 19.1. The number of nitrogens with one attached hydrogen (secondary N) is 1. The zero-order valence-corrected chi connectivity index (χ0v) is 35.1. The molecule has 1 saturated heterocycles. The largest absolute Gasteiger partial charge is 0.496 e. The molecule has 3 saturated carbocycles. The average Bonchev–Trinajstić information content (AvgIpc) is 4.11. The van der Waals surface area contributed by atoms with Gasteiger partial charge in [0.05, 0.1) is 42.3 Å². The van der Waals surface area contributed by atoms with Gasteiger partial charge in [-0.1, -0.05) is 56.9 Å². The summed E-state index contributed by atoms with van der Waals surface area (Å²) in [6.07, 6.45) is 13.3. The highest BCUT2D eigenvalue weighted by molar-refractivity contribution is 7.90. The summed E-state index contributed by atoms with van der Waals surface area (Å²) in [6.45, 7) is 6.04. The van der Waals surface area contributed by atoms with Crippen molar-refractivity contribution in [3.8, 4) is 11.8 Å². The number of nitrogens with zero attached hydrogens (tertiary/aromatic N) is 3. The van der Waals surface area contributed by atoms with Crippen molar-refractivity contribution in [3.63, 3.8) is 0 Å². The molecule has 2 aliphatic heterocycles. The molecule has 4 fully saturated rings. The number of amides is 2. The molecule has 3 heterocycles. The van der Waals surface area contributed by atoms with E-state index in [-0.39, 0.29) is 68.3 Å². The van der Waals surface area contributed by atoms with Crippen molar-refractivity contribution in [2.45, 2.75) is 140 Å². The zero-order valence-electron chi connectivity index (χ0n) is 34.3. The van der Waals surface area contributed by atoms with Crippen molar-refractivity contribution in [2.24, 2.45) is 23.2 Å². The lowest BCUT2D eigenvalue weighted by Crippen LogP contribution is -2.46. The van der Waals surface area contributed by atoms with Crippen LogP contribution in [0.2, 0.25) is 0 Å². The van der Waals surface area contributed by atoms with Crippen LogP contribution < -0.4 is 19.8 Å². The Kier molecular flexibility index (Phi) is 13.0. The SMILES string of the molecule is C=C[C@@H]1C[C@]1(CC(=O)[C@@H]1C[C@@H]2CN1C(=O)[C@H](CCCCCC)CC(=O)O[C@@H]1CCC[C@H]1CC/C=C/Cn1c(nc3cccc(OC)c3c1=O)O2)C(=O)NS(=O)(=O)C1CC1. The summed E-state index contributed by atoms with van der Waals surface area (Å²) in [5, 5.41) is -0.332. The van der Waals surface area contributed by atoms with E-state index in [4.69, 9.17) is 19.2 Å². The summed E-state index contributed by atoms with van der Waals surface area (Å²) in [6, 6.07) is 4.09. The number of aromatic nitrogens is 2. The monoisotopic (exact) mass is 834 g/mol. The van der Waals surface area contributed by atoms with Gasteiger partial charge in [-0.15, -0.1) is 6.58 Å². The molecule has 14 nitrogen and oxygen atoms in total. The zero-order chi connectivity index (χ0) is 41.9. The Hall–Kier alpha value is -4.53. The minimum atomic E-state index is -3.88. The maximum atomic E-state index is 14.8. The molecule has 7 rings (SSSR count). The Labute approximate surface area is 346 Å². The second kappa shape index (κ2) is 18.0. The van der Waals surface area contributed by atoms with E-state index in [1.54, 1.807) is 24.3 Å². The minimum absolute atomic E-state index is 0.0256. The Morgan fingerprint density at radius 1 is 1.07 bits per heavy atom. The van der Waals surface area contributed by atoms with Gasteiger partial charge in [0.2, 0.25) is 21.8 Å². The molecule has 7 atom stereocenters. The number of carbonyl (C=O) groups is 4. The summed E-state index contributed by atoms with van der Waals surface area (Å²) in [4.78, 5) is 77.2. The van der Waals surface area contributed by atoms with Crippen LogP contribution in [0.4, 0.5) is 0 Å². The Balaban J connectivity index is 1.24. The third kappa shape index (κ3) is 9.29. The number of esters is 1. The van der Waals surface area contributed by atoms with Gasteiger partial charge < -0.3 is 19.1 Å². The maximum Gasteiger partial charge on any atom is 0.306 e. The number of methoxy groups -OCH3 is 1. The molecule has 0 spiro atoms. The van der Waals surface area contributed by atoms with E-state index in [1.165, 1.54) is 16.6 Å². The quantitative estimate of drug-likeness (QED) is 0.152. The fraction of sp³-hybridized carbons (Fsp3) is 0.636. The molecule has 5 aliphatic rings. The lowest BCUT2D eigenvalue weighted by molar-refractivity contribution is -0.155. The van der Waals surface area contributed by atoms with E-state index in [1.807, 2.05) is 12.2 Å². The van der Waals surface area contributed by atoms with Crippen LogP contribution >= 0.6 is 0 Å². The molecule has 2 aromatic rings. The summed E-state index contributed by atoms with van der Waals surface area (Å²) < 4.78 is 47.5. The first kappa shape index (κ1) is 42.6. The number of rotatable bonds is 13. The molecule has 59 heavy (non-hydrogen) atoms. The van der Waals surface area contributed by atoms with Crippen molar-refractivity contribution < 1.29 is 41.8 Å². The van der Waals surface area contributed by atoms with Gasteiger partial charge in [0.25, 0.3) is 11.6 Å². The third-order valence-electron chi connectivity index (χ3n) is 13.1. The fourth-order valence-electron chi connectivity index (χ4n) is 9.40. The van der Waals surface area contributed by atoms with Crippen molar-refractivity contribution in [3.05, 3.63) is 53.4 Å². The van der Waals surface area contributed by atoms with E-state index in [0.717, 1.165) is 44.9 Å². The summed E-state index contributed by atoms with van der Waals surface area (Å²) in [5.41, 5.74) is -1.33. The molecule has 0 unspecified atom stereocenters. The first-order valence-corrected chi connectivity index (χ1v) is 23.0. The van der Waals surface area contributed by atoms with Gasteiger partial charge in [-0.05, 0) is 81.8 Å². The molecule has 1 N–H and O–H groups in total. The predicted molar refractivity (Wildman–Crippen MR) is 220 cm³/mol. The molecule has 0 radical (unpaired) electrons. The number of benzene rings is 1. The van der Waals surface area contributed by atoms with Crippen molar-refractivity contribution >= 4 is 44.5 Å². The Morgan fingerprint density at radius 2 is 1.88 bits per heavy atom. The van der Waals surface area contributed by atoms with Gasteiger partial charge in [-0.2, -0.15) is 4.98 Å². The van der Waals surface area contributed by atoms with Crippen LogP contribution in [0.15, 0.2) is 47.8 Å². The van der Waals surface area contributed by atoms with Crippen molar-refractivity contribution in [1.29, 1.82) is 0 Å². The standard InChI is InChI=1S/C44H58N4O10S/c1-4-6-7-9-15-29-23-38(50)58-36-18-12-16-28(36)14-10-8-11-22-47-41(52)39-33(17-13-19-37(39)56-3)45-43(47)57-31-24-34(48(27-31)40(29)51)35(49)26-44(25-30(44)5-2)42(53)46-59(54,55)32-20-21-32/h5,8,11,13,17,19,28-32,34,36H,2,4,6-7,9-10,12,14-16,18,20-27H2,1,3H3,(H,46,53)/b11-8+/t28-,29-,30-,31-,34+,36-,44-/m1/s1. The van der Waals surface area contributed by atoms with E-state index in [9.17, 15) is 32.4 Å². The number of ketones is 1. The van der Waals surface area contributed by atoms with Gasteiger partial charge in [0.15, 0.2) is 5.78 Å². The number of sulfonamides is 1. The van der Waals surface area contributed by atoms with Crippen LogP contribution in [-0.2, 0) is 40.5 Å². The molecule has 3 aliphatic carbocycles. The van der Waals surface area contributed by atoms with Crippen molar-refractivity contribution in [2.75, 3.05) is 13.7 Å². The number of hydrogen-bond donors (Lipinski definition) is 1. The first-order chi connectivity index (χ1) is 28.4. The molecular weight excluding hydrogens is 777 g/mol. The Bertz CT molecular complexity index is 2150. The molecule has 15 heteroatoms. The first-order valence-electron chi connectivity index (χ1n) is 21.5. The van der Waals surface area contributed by atoms with Crippen LogP contribution in [0.25, 0.3) is 10.9 Å². The summed E-state index contributed by atoms with van der Waals surface area (Å²) in [7, 11) is -2.40. The Morgan fingerprint density at radius 3 is 2.61 bits per heavy atom. The van der Waals surface area contributed by atoms with Crippen LogP contribution in [0.5, 0.6) is 11.8 Å². The van der Waals surface area contributed by atoms with Crippen molar-refractivity contribution in [1.82, 2.24) is 19.2 Å². The topological polar surface area (TPSA) is 180 Å². The van der Waals surface area contributed by atoms with Gasteiger partial charge in [-0.3, -0.25) is 33.3 Å². The lowest BCUT2D eigenvalue weighted by atomic mass is 9.90. The van der Waals surface area contributed by atoms with E-state index >= 15 is 0 Å². The average molecular weight is 835 g/mol. The van der Waals surface area contributed by atoms with Crippen LogP contribution in [0.1, 0.15) is 110 Å². The van der Waals surface area contributed by atoms with E-state index in [2.05, 4.69) is 18.2 Å². The van der Waals surface area contributed by atoms with Gasteiger partial charge in [0, 0.05) is 25.3 Å². The van der Waals surface area contributed by atoms with E-state index in [0.29, 0.717) is 48.8 Å². The number of carbonyl (C=O) groups excluding carboxylic acids is 4. The number of ether oxygens (including phenoxy) is 3. The highest BCUT2D eigenvalue weighted by Crippen LogP contribution is 2.57. The maximum absolute atomic E-state index is 14.8. The van der Waals surface area contributed by atoms with Gasteiger partial charge >= 0.3 is 5.97 Å². The van der Waals surface area contributed by atoms with Crippen LogP contribution in [-0.4, -0.2) is 83.6 Å².